The Balaban J connectivity index is 2.01. The van der Waals surface area contributed by atoms with Gasteiger partial charge in [-0.25, -0.2) is 4.79 Å². The summed E-state index contributed by atoms with van der Waals surface area (Å²) in [5.74, 6) is 0.433. The van der Waals surface area contributed by atoms with Crippen molar-refractivity contribution >= 4 is 35.1 Å². The Morgan fingerprint density at radius 3 is 2.79 bits per heavy atom. The quantitative estimate of drug-likeness (QED) is 0.636. The summed E-state index contributed by atoms with van der Waals surface area (Å²) in [7, 11) is 0. The van der Waals surface area contributed by atoms with Crippen LogP contribution in [0.4, 0.5) is 11.5 Å². The van der Waals surface area contributed by atoms with E-state index < -0.39 is 17.2 Å². The number of nitrogens with zero attached hydrogens (tertiary/aromatic N) is 3. The number of nitrogen functional groups attached to an aromatic ring is 1. The molecule has 0 spiro atoms. The van der Waals surface area contributed by atoms with Gasteiger partial charge in [0.1, 0.15) is 18.1 Å². The largest absolute Gasteiger partial charge is 0.467 e. The first-order valence-corrected chi connectivity index (χ1v) is 10.4. The topological polar surface area (TPSA) is 135 Å². The van der Waals surface area contributed by atoms with Crippen LogP contribution in [-0.4, -0.2) is 44.4 Å². The molecular formula is C18H23N5O5S. The van der Waals surface area contributed by atoms with Crippen molar-refractivity contribution in [3.05, 3.63) is 45.0 Å². The predicted molar refractivity (Wildman–Crippen MR) is 110 cm³/mol. The number of anilines is 2. The average Bonchev–Trinajstić information content (AvgIpc) is 3.32. The molecular weight excluding hydrogens is 398 g/mol. The molecule has 0 unspecified atom stereocenters. The number of hydrogen-bond donors (Lipinski definition) is 2. The number of hydrogen-bond acceptors (Lipinski definition) is 7. The molecule has 3 rings (SSSR count). The van der Waals surface area contributed by atoms with Crippen molar-refractivity contribution in [1.29, 1.82) is 0 Å². The SMILES string of the molecule is CCCCn1c(N)c(N(Cc2ccco2)C(=O)CN2CSCC2=O)c(=O)[nH]c1=O. The summed E-state index contributed by atoms with van der Waals surface area (Å²) in [5, 5.41) is 0. The zero-order chi connectivity index (χ0) is 21.0. The van der Waals surface area contributed by atoms with Gasteiger partial charge < -0.3 is 15.1 Å². The van der Waals surface area contributed by atoms with Crippen LogP contribution < -0.4 is 21.9 Å². The molecule has 0 saturated carbocycles. The third-order valence-electron chi connectivity index (χ3n) is 4.57. The van der Waals surface area contributed by atoms with Gasteiger partial charge in [-0.3, -0.25) is 28.8 Å². The number of aromatic nitrogens is 2. The number of aromatic amines is 1. The molecule has 3 heterocycles. The van der Waals surface area contributed by atoms with E-state index >= 15 is 0 Å². The predicted octanol–water partition coefficient (Wildman–Crippen LogP) is 0.578. The second-order valence-corrected chi connectivity index (χ2v) is 7.58. The van der Waals surface area contributed by atoms with Gasteiger partial charge in [0.2, 0.25) is 11.8 Å². The van der Waals surface area contributed by atoms with Crippen molar-refractivity contribution in [2.75, 3.05) is 28.8 Å². The molecule has 29 heavy (non-hydrogen) atoms. The van der Waals surface area contributed by atoms with Gasteiger partial charge >= 0.3 is 5.69 Å². The summed E-state index contributed by atoms with van der Waals surface area (Å²) in [6.07, 6.45) is 2.96. The van der Waals surface area contributed by atoms with Crippen molar-refractivity contribution in [3.63, 3.8) is 0 Å². The van der Waals surface area contributed by atoms with Crippen molar-refractivity contribution in [1.82, 2.24) is 14.5 Å². The summed E-state index contributed by atoms with van der Waals surface area (Å²) >= 11 is 1.41. The van der Waals surface area contributed by atoms with Crippen molar-refractivity contribution < 1.29 is 14.0 Å². The fourth-order valence-electron chi connectivity index (χ4n) is 3.02. The standard InChI is InChI=1S/C18H23N5O5S/c1-2-3-6-22-16(19)15(17(26)20-18(22)27)23(8-12-5-4-7-28-12)13(24)9-21-11-29-10-14(21)25/h4-5,7H,2-3,6,8-11,19H2,1H3,(H,20,26,27). The number of H-pyrrole nitrogens is 1. The van der Waals surface area contributed by atoms with E-state index in [1.54, 1.807) is 12.1 Å². The van der Waals surface area contributed by atoms with Crippen LogP contribution >= 0.6 is 11.8 Å². The van der Waals surface area contributed by atoms with Crippen LogP contribution in [0.3, 0.4) is 0 Å². The molecule has 0 atom stereocenters. The van der Waals surface area contributed by atoms with E-state index in [0.29, 0.717) is 30.4 Å². The molecule has 1 fully saturated rings. The van der Waals surface area contributed by atoms with E-state index in [1.807, 2.05) is 6.92 Å². The number of nitrogens with two attached hydrogens (primary N) is 1. The highest BCUT2D eigenvalue weighted by Crippen LogP contribution is 2.22. The van der Waals surface area contributed by atoms with Crippen molar-refractivity contribution in [3.8, 4) is 0 Å². The minimum atomic E-state index is -0.762. The zero-order valence-electron chi connectivity index (χ0n) is 16.1. The molecule has 2 aromatic heterocycles. The molecule has 156 valence electrons. The van der Waals surface area contributed by atoms with Gasteiger partial charge in [0.05, 0.1) is 24.4 Å². The lowest BCUT2D eigenvalue weighted by Crippen LogP contribution is -2.45. The number of nitrogens with one attached hydrogen (secondary N) is 1. The normalized spacial score (nSPS) is 13.8. The van der Waals surface area contributed by atoms with Crippen LogP contribution in [0.2, 0.25) is 0 Å². The van der Waals surface area contributed by atoms with Crippen LogP contribution in [0.1, 0.15) is 25.5 Å². The van der Waals surface area contributed by atoms with E-state index in [2.05, 4.69) is 4.98 Å². The highest BCUT2D eigenvalue weighted by molar-refractivity contribution is 8.00. The lowest BCUT2D eigenvalue weighted by atomic mass is 10.3. The van der Waals surface area contributed by atoms with Crippen LogP contribution in [0.15, 0.2) is 32.4 Å². The summed E-state index contributed by atoms with van der Waals surface area (Å²) in [5.41, 5.74) is 4.65. The summed E-state index contributed by atoms with van der Waals surface area (Å²) in [6, 6.07) is 3.32. The Bertz CT molecular complexity index is 997. The first-order chi connectivity index (χ1) is 13.9. The van der Waals surface area contributed by atoms with Gasteiger partial charge in [0, 0.05) is 6.54 Å². The molecule has 1 aliphatic heterocycles. The van der Waals surface area contributed by atoms with Gasteiger partial charge in [0.15, 0.2) is 5.69 Å². The maximum atomic E-state index is 13.1. The number of thioether (sulfide) groups is 1. The molecule has 11 heteroatoms. The Labute approximate surface area is 170 Å². The monoisotopic (exact) mass is 421 g/mol. The summed E-state index contributed by atoms with van der Waals surface area (Å²) < 4.78 is 6.57. The second kappa shape index (κ2) is 9.03. The Hall–Kier alpha value is -2.95. The van der Waals surface area contributed by atoms with E-state index in [0.717, 1.165) is 6.42 Å². The molecule has 0 radical (unpaired) electrons. The molecule has 2 amide bonds. The van der Waals surface area contributed by atoms with Crippen LogP contribution in [0, 0.1) is 0 Å². The van der Waals surface area contributed by atoms with Crippen molar-refractivity contribution in [2.24, 2.45) is 0 Å². The number of carbonyl (C=O) groups is 2. The third kappa shape index (κ3) is 4.56. The fourth-order valence-corrected chi connectivity index (χ4v) is 3.92. The number of carbonyl (C=O) groups excluding carboxylic acids is 2. The van der Waals surface area contributed by atoms with Crippen LogP contribution in [0.5, 0.6) is 0 Å². The number of rotatable bonds is 8. The lowest BCUT2D eigenvalue weighted by molar-refractivity contribution is -0.131. The first kappa shape index (κ1) is 20.8. The lowest BCUT2D eigenvalue weighted by Gasteiger charge is -2.25. The first-order valence-electron chi connectivity index (χ1n) is 9.23. The smallest absolute Gasteiger partial charge is 0.330 e. The number of unbranched alkanes of at least 4 members (excludes halogenated alkanes) is 1. The number of furan rings is 1. The Morgan fingerprint density at radius 1 is 1.38 bits per heavy atom. The minimum Gasteiger partial charge on any atom is -0.467 e. The highest BCUT2D eigenvalue weighted by atomic mass is 32.2. The maximum Gasteiger partial charge on any atom is 0.330 e. The van der Waals surface area contributed by atoms with E-state index in [1.165, 1.54) is 32.4 Å². The Kier molecular flexibility index (Phi) is 6.47. The zero-order valence-corrected chi connectivity index (χ0v) is 16.9. The second-order valence-electron chi connectivity index (χ2n) is 6.63. The maximum absolute atomic E-state index is 13.1. The Morgan fingerprint density at radius 2 is 2.17 bits per heavy atom. The molecule has 0 aromatic carbocycles. The minimum absolute atomic E-state index is 0.0553. The van der Waals surface area contributed by atoms with Crippen LogP contribution in [0.25, 0.3) is 0 Å². The van der Waals surface area contributed by atoms with Gasteiger partial charge in [0.25, 0.3) is 5.56 Å². The van der Waals surface area contributed by atoms with Gasteiger partial charge in [-0.2, -0.15) is 0 Å². The molecule has 0 bridgehead atoms. The molecule has 10 nitrogen and oxygen atoms in total. The average molecular weight is 421 g/mol. The van der Waals surface area contributed by atoms with Gasteiger partial charge in [-0.05, 0) is 18.6 Å². The van der Waals surface area contributed by atoms with Gasteiger partial charge in [-0.15, -0.1) is 11.8 Å². The molecule has 2 aromatic rings. The van der Waals surface area contributed by atoms with E-state index in [-0.39, 0.29) is 30.5 Å². The fraction of sp³-hybridized carbons (Fsp3) is 0.444. The van der Waals surface area contributed by atoms with Gasteiger partial charge in [-0.1, -0.05) is 13.3 Å². The third-order valence-corrected chi connectivity index (χ3v) is 5.51. The number of amides is 2. The molecule has 0 aliphatic carbocycles. The molecule has 3 N–H and O–H groups in total. The summed E-state index contributed by atoms with van der Waals surface area (Å²) in [4.78, 5) is 54.6. The summed E-state index contributed by atoms with van der Waals surface area (Å²) in [6.45, 7) is 2.03. The molecule has 1 aliphatic rings. The van der Waals surface area contributed by atoms with Crippen LogP contribution in [-0.2, 0) is 22.7 Å². The highest BCUT2D eigenvalue weighted by Gasteiger charge is 2.29. The van der Waals surface area contributed by atoms with E-state index in [4.69, 9.17) is 10.2 Å². The van der Waals surface area contributed by atoms with E-state index in [9.17, 15) is 19.2 Å². The van der Waals surface area contributed by atoms with Crippen molar-refractivity contribution in [2.45, 2.75) is 32.9 Å². The molecule has 1 saturated heterocycles.